The van der Waals surface area contributed by atoms with E-state index in [1.165, 1.54) is 12.1 Å². The number of alkyl halides is 3. The summed E-state index contributed by atoms with van der Waals surface area (Å²) in [5.41, 5.74) is 0.265. The highest BCUT2D eigenvalue weighted by Gasteiger charge is 2.30. The van der Waals surface area contributed by atoms with E-state index >= 15 is 0 Å². The molecule has 0 aliphatic carbocycles. The van der Waals surface area contributed by atoms with Gasteiger partial charge in [-0.15, -0.1) is 10.2 Å². The van der Waals surface area contributed by atoms with Crippen LogP contribution in [0.1, 0.15) is 17.0 Å². The molecule has 0 saturated heterocycles. The summed E-state index contributed by atoms with van der Waals surface area (Å²) in [5, 5.41) is 10.4. The van der Waals surface area contributed by atoms with Crippen molar-refractivity contribution < 1.29 is 22.4 Å². The quantitative estimate of drug-likeness (QED) is 0.629. The number of hydrogen-bond donors (Lipinski definition) is 1. The van der Waals surface area contributed by atoms with Crippen LogP contribution in [0.25, 0.3) is 0 Å². The number of carbonyl (C=O) groups excluding carboxylic acids is 1. The van der Waals surface area contributed by atoms with Gasteiger partial charge in [0.25, 0.3) is 5.22 Å². The van der Waals surface area contributed by atoms with E-state index in [2.05, 4.69) is 15.5 Å². The Kier molecular flexibility index (Phi) is 5.80. The van der Waals surface area contributed by atoms with E-state index in [0.717, 1.165) is 29.5 Å². The van der Waals surface area contributed by atoms with E-state index in [-0.39, 0.29) is 16.7 Å². The molecule has 1 amide bonds. The van der Waals surface area contributed by atoms with E-state index in [1.807, 2.05) is 30.3 Å². The number of benzene rings is 2. The van der Waals surface area contributed by atoms with Crippen LogP contribution in [-0.4, -0.2) is 21.9 Å². The molecular formula is C18H14F3N3O2S. The fourth-order valence-electron chi connectivity index (χ4n) is 2.24. The molecule has 1 heterocycles. The number of carbonyl (C=O) groups is 1. The second-order valence-electron chi connectivity index (χ2n) is 5.54. The summed E-state index contributed by atoms with van der Waals surface area (Å²) in [5.74, 6) is -0.118. The molecule has 0 fully saturated rings. The zero-order chi connectivity index (χ0) is 19.3. The molecule has 1 N–H and O–H groups in total. The molecule has 0 aliphatic heterocycles. The second kappa shape index (κ2) is 8.26. The van der Waals surface area contributed by atoms with Crippen LogP contribution in [0.2, 0.25) is 0 Å². The van der Waals surface area contributed by atoms with E-state index in [0.29, 0.717) is 12.3 Å². The van der Waals surface area contributed by atoms with Gasteiger partial charge in [0.05, 0.1) is 17.7 Å². The zero-order valence-electron chi connectivity index (χ0n) is 13.9. The van der Waals surface area contributed by atoms with Gasteiger partial charge in [0.15, 0.2) is 0 Å². The fraction of sp³-hybridized carbons (Fsp3) is 0.167. The lowest BCUT2D eigenvalue weighted by molar-refractivity contribution is -0.137. The van der Waals surface area contributed by atoms with Crippen molar-refractivity contribution in [3.05, 3.63) is 71.6 Å². The molecule has 0 atom stereocenters. The molecule has 3 aromatic rings. The molecule has 3 rings (SSSR count). The Hall–Kier alpha value is -2.81. The summed E-state index contributed by atoms with van der Waals surface area (Å²) in [6.45, 7) is 0. The summed E-state index contributed by atoms with van der Waals surface area (Å²) >= 11 is 1.01. The Morgan fingerprint density at radius 3 is 2.59 bits per heavy atom. The van der Waals surface area contributed by atoms with Crippen molar-refractivity contribution in [2.24, 2.45) is 0 Å². The van der Waals surface area contributed by atoms with E-state index in [4.69, 9.17) is 4.42 Å². The van der Waals surface area contributed by atoms with Gasteiger partial charge < -0.3 is 9.73 Å². The number of anilines is 1. The number of aromatic nitrogens is 2. The molecule has 27 heavy (non-hydrogen) atoms. The van der Waals surface area contributed by atoms with Crippen molar-refractivity contribution in [1.29, 1.82) is 0 Å². The fourth-order valence-corrected chi connectivity index (χ4v) is 2.82. The molecule has 0 unspecified atom stereocenters. The summed E-state index contributed by atoms with van der Waals surface area (Å²) in [7, 11) is 0. The van der Waals surface area contributed by atoms with Crippen LogP contribution in [0.15, 0.2) is 64.2 Å². The molecule has 2 aromatic carbocycles. The van der Waals surface area contributed by atoms with Crippen LogP contribution >= 0.6 is 11.8 Å². The van der Waals surface area contributed by atoms with Crippen molar-refractivity contribution in [3.8, 4) is 0 Å². The number of hydrogen-bond acceptors (Lipinski definition) is 5. The number of thioether (sulfide) groups is 1. The standard InChI is InChI=1S/C18H14F3N3O2S/c19-18(20,21)13-7-4-8-14(10-13)22-15(25)11-27-17-24-23-16(26-17)9-12-5-2-1-3-6-12/h1-8,10H,9,11H2,(H,22,25). The molecule has 0 spiro atoms. The van der Waals surface area contributed by atoms with E-state index < -0.39 is 17.6 Å². The van der Waals surface area contributed by atoms with Crippen LogP contribution in [0.3, 0.4) is 0 Å². The molecule has 1 aromatic heterocycles. The third-order valence-electron chi connectivity index (χ3n) is 3.45. The highest BCUT2D eigenvalue weighted by Crippen LogP contribution is 2.30. The summed E-state index contributed by atoms with van der Waals surface area (Å²) in [6, 6.07) is 14.0. The van der Waals surface area contributed by atoms with Gasteiger partial charge in [0.1, 0.15) is 0 Å². The van der Waals surface area contributed by atoms with E-state index in [1.54, 1.807) is 0 Å². The molecular weight excluding hydrogens is 379 g/mol. The van der Waals surface area contributed by atoms with Crippen molar-refractivity contribution in [2.45, 2.75) is 17.8 Å². The lowest BCUT2D eigenvalue weighted by Gasteiger charge is -2.09. The monoisotopic (exact) mass is 393 g/mol. The maximum atomic E-state index is 12.7. The average Bonchev–Trinajstić information content (AvgIpc) is 3.08. The lowest BCUT2D eigenvalue weighted by atomic mass is 10.2. The van der Waals surface area contributed by atoms with Crippen LogP contribution in [0.4, 0.5) is 18.9 Å². The van der Waals surface area contributed by atoms with Gasteiger partial charge in [-0.3, -0.25) is 4.79 Å². The Bertz CT molecular complexity index is 913. The average molecular weight is 393 g/mol. The normalized spacial score (nSPS) is 11.4. The summed E-state index contributed by atoms with van der Waals surface area (Å²) < 4.78 is 43.5. The number of halogens is 3. The molecule has 0 aliphatic rings. The second-order valence-corrected chi connectivity index (χ2v) is 6.47. The number of amides is 1. The van der Waals surface area contributed by atoms with Crippen LogP contribution < -0.4 is 5.32 Å². The minimum absolute atomic E-state index is 0.0663. The molecule has 0 bridgehead atoms. The maximum absolute atomic E-state index is 12.7. The molecule has 9 heteroatoms. The van der Waals surface area contributed by atoms with Crippen molar-refractivity contribution in [1.82, 2.24) is 10.2 Å². The smallest absolute Gasteiger partial charge is 0.416 e. The first-order chi connectivity index (χ1) is 12.9. The topological polar surface area (TPSA) is 68.0 Å². The molecule has 0 radical (unpaired) electrons. The third kappa shape index (κ3) is 5.58. The minimum atomic E-state index is -4.46. The van der Waals surface area contributed by atoms with Gasteiger partial charge in [0, 0.05) is 5.69 Å². The zero-order valence-corrected chi connectivity index (χ0v) is 14.7. The van der Waals surface area contributed by atoms with E-state index in [9.17, 15) is 18.0 Å². The highest BCUT2D eigenvalue weighted by molar-refractivity contribution is 7.99. The highest BCUT2D eigenvalue weighted by atomic mass is 32.2. The lowest BCUT2D eigenvalue weighted by Crippen LogP contribution is -2.15. The predicted octanol–water partition coefficient (Wildman–Crippen LogP) is 4.41. The summed E-state index contributed by atoms with van der Waals surface area (Å²) in [4.78, 5) is 11.9. The molecule has 5 nitrogen and oxygen atoms in total. The first-order valence-electron chi connectivity index (χ1n) is 7.86. The Morgan fingerprint density at radius 1 is 1.07 bits per heavy atom. The van der Waals surface area contributed by atoms with Crippen molar-refractivity contribution in [2.75, 3.05) is 11.1 Å². The minimum Gasteiger partial charge on any atom is -0.416 e. The first-order valence-corrected chi connectivity index (χ1v) is 8.85. The van der Waals surface area contributed by atoms with Gasteiger partial charge in [-0.05, 0) is 23.8 Å². The van der Waals surface area contributed by atoms with Crippen LogP contribution in [-0.2, 0) is 17.4 Å². The van der Waals surface area contributed by atoms with Gasteiger partial charge in [-0.1, -0.05) is 48.2 Å². The number of nitrogens with one attached hydrogen (secondary N) is 1. The van der Waals surface area contributed by atoms with Gasteiger partial charge >= 0.3 is 6.18 Å². The third-order valence-corrected chi connectivity index (χ3v) is 4.27. The van der Waals surface area contributed by atoms with Crippen LogP contribution in [0.5, 0.6) is 0 Å². The SMILES string of the molecule is O=C(CSc1nnc(Cc2ccccc2)o1)Nc1cccc(C(F)(F)F)c1. The predicted molar refractivity (Wildman–Crippen MR) is 94.3 cm³/mol. The summed E-state index contributed by atoms with van der Waals surface area (Å²) in [6.07, 6.45) is -3.99. The Labute approximate surface area is 157 Å². The van der Waals surface area contributed by atoms with Gasteiger partial charge in [-0.2, -0.15) is 13.2 Å². The molecule has 140 valence electrons. The van der Waals surface area contributed by atoms with Crippen molar-refractivity contribution in [3.63, 3.8) is 0 Å². The van der Waals surface area contributed by atoms with Gasteiger partial charge in [0.2, 0.25) is 11.8 Å². The first kappa shape index (κ1) is 19.0. The largest absolute Gasteiger partial charge is 0.416 e. The Balaban J connectivity index is 1.52. The van der Waals surface area contributed by atoms with Crippen LogP contribution in [0, 0.1) is 0 Å². The number of nitrogens with zero attached hydrogens (tertiary/aromatic N) is 2. The Morgan fingerprint density at radius 2 is 1.85 bits per heavy atom. The maximum Gasteiger partial charge on any atom is 0.416 e. The molecule has 0 saturated carbocycles. The number of rotatable bonds is 6. The van der Waals surface area contributed by atoms with Crippen molar-refractivity contribution >= 4 is 23.4 Å². The van der Waals surface area contributed by atoms with Gasteiger partial charge in [-0.25, -0.2) is 0 Å².